The van der Waals surface area contributed by atoms with Crippen LogP contribution in [-0.2, 0) is 5.92 Å². The number of rotatable bonds is 3. The molecule has 4 nitrogen and oxygen atoms in total. The van der Waals surface area contributed by atoms with Gasteiger partial charge in [-0.15, -0.1) is 11.3 Å². The van der Waals surface area contributed by atoms with E-state index in [1.54, 1.807) is 12.1 Å². The average Bonchev–Trinajstić information content (AvgIpc) is 3.15. The van der Waals surface area contributed by atoms with Gasteiger partial charge in [-0.05, 0) is 37.5 Å². The summed E-state index contributed by atoms with van der Waals surface area (Å²) >= 11 is 1.29. The lowest BCUT2D eigenvalue weighted by molar-refractivity contribution is 0.0127. The molecule has 0 spiro atoms. The van der Waals surface area contributed by atoms with Gasteiger partial charge in [0, 0.05) is 20.0 Å². The van der Waals surface area contributed by atoms with Crippen molar-refractivity contribution < 1.29 is 13.6 Å². The second-order valence-corrected chi connectivity index (χ2v) is 6.66. The molecule has 22 heavy (non-hydrogen) atoms. The van der Waals surface area contributed by atoms with Gasteiger partial charge in [-0.3, -0.25) is 9.89 Å². The first-order chi connectivity index (χ1) is 10.4. The maximum atomic E-state index is 13.2. The molecule has 2 aromatic rings. The van der Waals surface area contributed by atoms with Gasteiger partial charge in [0.05, 0.1) is 9.75 Å². The summed E-state index contributed by atoms with van der Waals surface area (Å²) in [5, 5.41) is 6.28. The molecule has 0 unspecified atom stereocenters. The number of aromatic nitrogens is 2. The van der Waals surface area contributed by atoms with Crippen LogP contribution in [0.15, 0.2) is 18.2 Å². The number of H-pyrrole nitrogens is 1. The molecule has 1 fully saturated rings. The van der Waals surface area contributed by atoms with Crippen molar-refractivity contribution in [2.75, 3.05) is 13.1 Å². The first kappa shape index (κ1) is 15.1. The Morgan fingerprint density at radius 3 is 2.68 bits per heavy atom. The van der Waals surface area contributed by atoms with Crippen LogP contribution < -0.4 is 0 Å². The minimum Gasteiger partial charge on any atom is -0.338 e. The zero-order valence-electron chi connectivity index (χ0n) is 12.2. The number of hydrogen-bond donors (Lipinski definition) is 1. The van der Waals surface area contributed by atoms with Gasteiger partial charge >= 0.3 is 0 Å². The third-order valence-electron chi connectivity index (χ3n) is 3.76. The monoisotopic (exact) mass is 325 g/mol. The van der Waals surface area contributed by atoms with Crippen LogP contribution in [0.25, 0.3) is 10.6 Å². The summed E-state index contributed by atoms with van der Waals surface area (Å²) in [6, 6.07) is 4.84. The van der Waals surface area contributed by atoms with Crippen molar-refractivity contribution in [1.82, 2.24) is 15.1 Å². The summed E-state index contributed by atoms with van der Waals surface area (Å²) in [4.78, 5) is 15.6. The molecule has 0 bridgehead atoms. The highest BCUT2D eigenvalue weighted by Gasteiger charge is 2.27. The first-order valence-electron chi connectivity index (χ1n) is 7.28. The molecule has 1 aliphatic rings. The Morgan fingerprint density at radius 1 is 1.32 bits per heavy atom. The highest BCUT2D eigenvalue weighted by atomic mass is 32.1. The smallest absolute Gasteiger partial charge is 0.286 e. The van der Waals surface area contributed by atoms with Gasteiger partial charge in [-0.25, -0.2) is 0 Å². The quantitative estimate of drug-likeness (QED) is 0.931. The van der Waals surface area contributed by atoms with Crippen LogP contribution in [0.4, 0.5) is 8.78 Å². The summed E-state index contributed by atoms with van der Waals surface area (Å²) in [5.41, 5.74) is 0.221. The molecule has 0 atom stereocenters. The van der Waals surface area contributed by atoms with Crippen LogP contribution in [0, 0.1) is 0 Å². The fourth-order valence-corrected chi connectivity index (χ4v) is 3.45. The Kier molecular flexibility index (Phi) is 3.99. The van der Waals surface area contributed by atoms with E-state index in [0.717, 1.165) is 32.9 Å². The largest absolute Gasteiger partial charge is 0.338 e. The van der Waals surface area contributed by atoms with Crippen LogP contribution in [0.1, 0.15) is 41.6 Å². The van der Waals surface area contributed by atoms with Crippen LogP contribution in [0.5, 0.6) is 0 Å². The Hall–Kier alpha value is -1.76. The Bertz CT molecular complexity index is 668. The van der Waals surface area contributed by atoms with Crippen LogP contribution in [-0.4, -0.2) is 34.1 Å². The number of nitrogens with one attached hydrogen (secondary N) is 1. The molecule has 1 saturated heterocycles. The fourth-order valence-electron chi connectivity index (χ4n) is 2.52. The van der Waals surface area contributed by atoms with E-state index < -0.39 is 5.92 Å². The lowest BCUT2D eigenvalue weighted by Crippen LogP contribution is -2.35. The van der Waals surface area contributed by atoms with Gasteiger partial charge in [-0.2, -0.15) is 13.9 Å². The molecule has 0 aromatic carbocycles. The van der Waals surface area contributed by atoms with Crippen molar-refractivity contribution in [2.24, 2.45) is 0 Å². The maximum Gasteiger partial charge on any atom is 0.286 e. The SMILES string of the molecule is CC(F)(F)c1cc(-c2ccc(C(=O)N3CCCCC3)s2)n[nH]1. The van der Waals surface area contributed by atoms with E-state index >= 15 is 0 Å². The van der Waals surface area contributed by atoms with Crippen LogP contribution in [0.3, 0.4) is 0 Å². The number of hydrogen-bond acceptors (Lipinski definition) is 3. The number of thiophene rings is 1. The number of piperidine rings is 1. The van der Waals surface area contributed by atoms with Crippen molar-refractivity contribution in [1.29, 1.82) is 0 Å². The van der Waals surface area contributed by atoms with Crippen molar-refractivity contribution >= 4 is 17.2 Å². The van der Waals surface area contributed by atoms with Gasteiger partial charge in [-0.1, -0.05) is 0 Å². The van der Waals surface area contributed by atoms with Crippen molar-refractivity contribution in [3.8, 4) is 10.6 Å². The number of halogens is 2. The van der Waals surface area contributed by atoms with Crippen molar-refractivity contribution in [3.05, 3.63) is 28.8 Å². The molecule has 3 heterocycles. The number of alkyl halides is 2. The van der Waals surface area contributed by atoms with Crippen LogP contribution in [0.2, 0.25) is 0 Å². The van der Waals surface area contributed by atoms with E-state index in [2.05, 4.69) is 10.2 Å². The molecule has 118 valence electrons. The Morgan fingerprint density at radius 2 is 2.05 bits per heavy atom. The molecular weight excluding hydrogens is 308 g/mol. The van der Waals surface area contributed by atoms with E-state index in [0.29, 0.717) is 15.4 Å². The lowest BCUT2D eigenvalue weighted by Gasteiger charge is -2.26. The Labute approximate surface area is 131 Å². The van der Waals surface area contributed by atoms with Gasteiger partial charge in [0.15, 0.2) is 0 Å². The molecule has 1 aliphatic heterocycles. The van der Waals surface area contributed by atoms with E-state index in [1.165, 1.54) is 23.8 Å². The number of nitrogens with zero attached hydrogens (tertiary/aromatic N) is 2. The molecule has 1 N–H and O–H groups in total. The summed E-state index contributed by atoms with van der Waals surface area (Å²) in [6.07, 6.45) is 3.25. The molecular formula is C15H17F2N3OS. The second-order valence-electron chi connectivity index (χ2n) is 5.57. The van der Waals surface area contributed by atoms with E-state index in [-0.39, 0.29) is 11.6 Å². The summed E-state index contributed by atoms with van der Waals surface area (Å²) in [7, 11) is 0. The average molecular weight is 325 g/mol. The van der Waals surface area contributed by atoms with Crippen molar-refractivity contribution in [2.45, 2.75) is 32.1 Å². The number of aromatic amines is 1. The van der Waals surface area contributed by atoms with E-state index in [9.17, 15) is 13.6 Å². The van der Waals surface area contributed by atoms with Gasteiger partial charge in [0.25, 0.3) is 11.8 Å². The molecule has 3 rings (SSSR count). The first-order valence-corrected chi connectivity index (χ1v) is 8.10. The summed E-state index contributed by atoms with van der Waals surface area (Å²) < 4.78 is 26.5. The summed E-state index contributed by atoms with van der Waals surface area (Å²) in [5.74, 6) is -2.93. The lowest BCUT2D eigenvalue weighted by atomic mass is 10.1. The van der Waals surface area contributed by atoms with E-state index in [1.807, 2.05) is 4.90 Å². The van der Waals surface area contributed by atoms with Gasteiger partial charge in [0.2, 0.25) is 0 Å². The predicted octanol–water partition coefficient (Wildman–Crippen LogP) is 3.88. The second kappa shape index (κ2) is 5.79. The number of likely N-dealkylation sites (tertiary alicyclic amines) is 1. The molecule has 1 amide bonds. The van der Waals surface area contributed by atoms with Gasteiger partial charge in [0.1, 0.15) is 11.4 Å². The highest BCUT2D eigenvalue weighted by Crippen LogP contribution is 2.32. The zero-order chi connectivity index (χ0) is 15.7. The van der Waals surface area contributed by atoms with Gasteiger partial charge < -0.3 is 4.90 Å². The minimum atomic E-state index is -2.95. The number of carbonyl (C=O) groups excluding carboxylic acids is 1. The molecule has 0 saturated carbocycles. The zero-order valence-corrected chi connectivity index (χ0v) is 13.1. The normalized spacial score (nSPS) is 16.0. The highest BCUT2D eigenvalue weighted by molar-refractivity contribution is 7.17. The minimum absolute atomic E-state index is 0.0209. The van der Waals surface area contributed by atoms with Crippen molar-refractivity contribution in [3.63, 3.8) is 0 Å². The molecule has 2 aromatic heterocycles. The number of carbonyl (C=O) groups is 1. The third-order valence-corrected chi connectivity index (χ3v) is 4.86. The fraction of sp³-hybridized carbons (Fsp3) is 0.467. The third kappa shape index (κ3) is 3.04. The molecule has 0 aliphatic carbocycles. The predicted molar refractivity (Wildman–Crippen MR) is 81.2 cm³/mol. The van der Waals surface area contributed by atoms with E-state index in [4.69, 9.17) is 0 Å². The maximum absolute atomic E-state index is 13.2. The molecule has 0 radical (unpaired) electrons. The standard InChI is InChI=1S/C15H17F2N3OS/c1-15(16,17)13-9-10(18-19-13)11-5-6-12(22-11)14(21)20-7-3-2-4-8-20/h5-6,9H,2-4,7-8H2,1H3,(H,18,19). The molecule has 7 heteroatoms. The topological polar surface area (TPSA) is 49.0 Å². The number of amides is 1. The Balaban J connectivity index is 1.78. The van der Waals surface area contributed by atoms with Crippen LogP contribution >= 0.6 is 11.3 Å². The summed E-state index contributed by atoms with van der Waals surface area (Å²) in [6.45, 7) is 2.41.